The van der Waals surface area contributed by atoms with E-state index in [4.69, 9.17) is 9.94 Å². The Bertz CT molecular complexity index is 1280. The molecule has 1 aliphatic carbocycles. The maximum atomic E-state index is 13.4. The summed E-state index contributed by atoms with van der Waals surface area (Å²) in [4.78, 5) is 19.6. The van der Waals surface area contributed by atoms with Crippen LogP contribution in [0.1, 0.15) is 61.0 Å². The molecular formula is C30H31FN2O3. The van der Waals surface area contributed by atoms with Crippen LogP contribution in [0.2, 0.25) is 0 Å². The summed E-state index contributed by atoms with van der Waals surface area (Å²) in [6.07, 6.45) is 7.98. The molecule has 2 aliphatic heterocycles. The molecule has 0 bridgehead atoms. The fourth-order valence-corrected chi connectivity index (χ4v) is 5.39. The number of aromatic carboxylic acids is 1. The number of carboxylic acids is 1. The molecule has 0 unspecified atom stereocenters. The molecule has 2 heterocycles. The van der Waals surface area contributed by atoms with Crippen molar-refractivity contribution in [2.45, 2.75) is 45.1 Å². The minimum atomic E-state index is -0.929. The predicted molar refractivity (Wildman–Crippen MR) is 139 cm³/mol. The third-order valence-electron chi connectivity index (χ3n) is 7.44. The van der Waals surface area contributed by atoms with Crippen molar-refractivity contribution in [1.29, 1.82) is 0 Å². The number of hydrogen-bond donors (Lipinski definition) is 1. The first kappa shape index (κ1) is 24.2. The van der Waals surface area contributed by atoms with E-state index in [0.717, 1.165) is 62.2 Å². The zero-order valence-electron chi connectivity index (χ0n) is 20.8. The predicted octanol–water partition coefficient (Wildman–Crippen LogP) is 6.23. The summed E-state index contributed by atoms with van der Waals surface area (Å²) in [5.74, 6) is -1.14. The van der Waals surface area contributed by atoms with Crippen molar-refractivity contribution in [3.63, 3.8) is 0 Å². The molecule has 0 amide bonds. The average Bonchev–Trinajstić information content (AvgIpc) is 3.22. The lowest BCUT2D eigenvalue weighted by atomic mass is 9.85. The normalized spacial score (nSPS) is 19.9. The molecule has 186 valence electrons. The van der Waals surface area contributed by atoms with Gasteiger partial charge in [0.05, 0.1) is 11.3 Å². The van der Waals surface area contributed by atoms with Gasteiger partial charge in [-0.3, -0.25) is 4.90 Å². The summed E-state index contributed by atoms with van der Waals surface area (Å²) in [6, 6.07) is 13.6. The maximum Gasteiger partial charge on any atom is 0.335 e. The number of allylic oxidation sites excluding steroid dienone is 4. The Kier molecular flexibility index (Phi) is 6.63. The van der Waals surface area contributed by atoms with Gasteiger partial charge in [0.25, 0.3) is 0 Å². The van der Waals surface area contributed by atoms with E-state index in [1.165, 1.54) is 34.4 Å². The van der Waals surface area contributed by atoms with E-state index in [9.17, 15) is 9.18 Å². The van der Waals surface area contributed by atoms with Crippen molar-refractivity contribution in [3.8, 4) is 0 Å². The molecular weight excluding hydrogens is 455 g/mol. The Hall–Kier alpha value is -3.51. The summed E-state index contributed by atoms with van der Waals surface area (Å²) in [7, 11) is 0. The van der Waals surface area contributed by atoms with Crippen LogP contribution >= 0.6 is 0 Å². The smallest absolute Gasteiger partial charge is 0.335 e. The van der Waals surface area contributed by atoms with E-state index in [0.29, 0.717) is 0 Å². The summed E-state index contributed by atoms with van der Waals surface area (Å²) < 4.78 is 13.4. The van der Waals surface area contributed by atoms with Crippen LogP contribution < -0.4 is 0 Å². The van der Waals surface area contributed by atoms with Gasteiger partial charge in [0.15, 0.2) is 0 Å². The third kappa shape index (κ3) is 5.19. The summed E-state index contributed by atoms with van der Waals surface area (Å²) >= 11 is 0. The first-order valence-corrected chi connectivity index (χ1v) is 12.4. The molecule has 1 N–H and O–H groups in total. The Morgan fingerprint density at radius 1 is 1.03 bits per heavy atom. The molecule has 2 aromatic rings. The molecule has 3 aliphatic rings. The molecule has 36 heavy (non-hydrogen) atoms. The van der Waals surface area contributed by atoms with Crippen molar-refractivity contribution >= 4 is 17.3 Å². The quantitative estimate of drug-likeness (QED) is 0.544. The fourth-order valence-electron chi connectivity index (χ4n) is 5.39. The largest absolute Gasteiger partial charge is 0.478 e. The van der Waals surface area contributed by atoms with Gasteiger partial charge in [-0.1, -0.05) is 47.1 Å². The topological polar surface area (TPSA) is 62.1 Å². The minimum Gasteiger partial charge on any atom is -0.478 e. The van der Waals surface area contributed by atoms with E-state index in [1.807, 2.05) is 24.3 Å². The van der Waals surface area contributed by atoms with Crippen LogP contribution in [-0.4, -0.2) is 46.9 Å². The fraction of sp³-hybridized carbons (Fsp3) is 0.333. The first-order chi connectivity index (χ1) is 17.3. The van der Waals surface area contributed by atoms with Crippen molar-refractivity contribution in [3.05, 3.63) is 99.9 Å². The number of carbonyl (C=O) groups is 1. The highest BCUT2D eigenvalue weighted by atomic mass is 19.1. The number of oxime groups is 1. The standard InChI is InChI=1S/C30H31FN2O3/c1-20-15-22(17-21(2)27(16-20)23-7-9-26(31)10-8-23)19-33-13-11-30(12-14-33)18-28(32-36-30)24-3-5-25(6-4-24)29(34)35/h3-10,15,17H,11-14,16,18-19H2,1-2H3,(H,34,35). The van der Waals surface area contributed by atoms with Crippen molar-refractivity contribution in [2.24, 2.45) is 5.16 Å². The number of halogens is 1. The number of nitrogens with zero attached hydrogens (tertiary/aromatic N) is 2. The third-order valence-corrected chi connectivity index (χ3v) is 7.44. The summed E-state index contributed by atoms with van der Waals surface area (Å²) in [5, 5.41) is 13.5. The number of likely N-dealkylation sites (tertiary alicyclic amines) is 1. The van der Waals surface area contributed by atoms with Crippen molar-refractivity contribution in [1.82, 2.24) is 4.90 Å². The number of carboxylic acid groups (broad SMARTS) is 1. The lowest BCUT2D eigenvalue weighted by Crippen LogP contribution is -2.45. The van der Waals surface area contributed by atoms with E-state index in [2.05, 4.69) is 36.1 Å². The van der Waals surface area contributed by atoms with Crippen LogP contribution in [0.3, 0.4) is 0 Å². The van der Waals surface area contributed by atoms with Crippen LogP contribution in [0.5, 0.6) is 0 Å². The molecule has 0 radical (unpaired) electrons. The molecule has 0 saturated carbocycles. The van der Waals surface area contributed by atoms with E-state index >= 15 is 0 Å². The van der Waals surface area contributed by atoms with E-state index in [1.54, 1.807) is 12.1 Å². The second-order valence-corrected chi connectivity index (χ2v) is 10.2. The molecule has 2 aromatic carbocycles. The van der Waals surface area contributed by atoms with Crippen molar-refractivity contribution in [2.75, 3.05) is 19.6 Å². The SMILES string of the molecule is CC1=CC(CN2CCC3(CC2)CC(c2ccc(C(=O)O)cc2)=NO3)=CC(C)=C(c2ccc(F)cc2)C1. The monoisotopic (exact) mass is 486 g/mol. The van der Waals surface area contributed by atoms with Gasteiger partial charge >= 0.3 is 5.97 Å². The van der Waals surface area contributed by atoms with E-state index < -0.39 is 5.97 Å². The van der Waals surface area contributed by atoms with Gasteiger partial charge in [0.2, 0.25) is 0 Å². The number of rotatable bonds is 5. The van der Waals surface area contributed by atoms with Crippen LogP contribution in [0, 0.1) is 5.82 Å². The second-order valence-electron chi connectivity index (χ2n) is 10.2. The zero-order chi connectivity index (χ0) is 25.3. The molecule has 1 saturated heterocycles. The highest BCUT2D eigenvalue weighted by Gasteiger charge is 2.42. The van der Waals surface area contributed by atoms with Crippen LogP contribution in [-0.2, 0) is 4.84 Å². The maximum absolute atomic E-state index is 13.4. The first-order valence-electron chi connectivity index (χ1n) is 12.4. The highest BCUT2D eigenvalue weighted by molar-refractivity contribution is 6.02. The highest BCUT2D eigenvalue weighted by Crippen LogP contribution is 2.37. The number of hydrogen-bond acceptors (Lipinski definition) is 4. The van der Waals surface area contributed by atoms with Crippen LogP contribution in [0.4, 0.5) is 4.39 Å². The Morgan fingerprint density at radius 2 is 1.69 bits per heavy atom. The van der Waals surface area contributed by atoms with Gasteiger partial charge in [-0.2, -0.15) is 0 Å². The Balaban J connectivity index is 1.22. The van der Waals surface area contributed by atoms with Gasteiger partial charge in [-0.05, 0) is 72.4 Å². The average molecular weight is 487 g/mol. The molecule has 1 spiro atoms. The summed E-state index contributed by atoms with van der Waals surface area (Å²) in [5.41, 5.74) is 7.95. The van der Waals surface area contributed by atoms with Crippen LogP contribution in [0.25, 0.3) is 5.57 Å². The van der Waals surface area contributed by atoms with Gasteiger partial charge in [-0.25, -0.2) is 9.18 Å². The lowest BCUT2D eigenvalue weighted by Gasteiger charge is -2.37. The zero-order valence-corrected chi connectivity index (χ0v) is 20.8. The van der Waals surface area contributed by atoms with E-state index in [-0.39, 0.29) is 17.0 Å². The van der Waals surface area contributed by atoms with Gasteiger partial charge in [0, 0.05) is 38.9 Å². The lowest BCUT2D eigenvalue weighted by molar-refractivity contribution is -0.0600. The Labute approximate surface area is 211 Å². The minimum absolute atomic E-state index is 0.211. The summed E-state index contributed by atoms with van der Waals surface area (Å²) in [6.45, 7) is 7.04. The van der Waals surface area contributed by atoms with Crippen molar-refractivity contribution < 1.29 is 19.1 Å². The van der Waals surface area contributed by atoms with Gasteiger partial charge in [-0.15, -0.1) is 0 Å². The molecule has 5 rings (SSSR count). The van der Waals surface area contributed by atoms with Crippen LogP contribution in [0.15, 0.2) is 82.6 Å². The van der Waals surface area contributed by atoms with Gasteiger partial charge < -0.3 is 9.94 Å². The molecule has 1 fully saturated rings. The molecule has 5 nitrogen and oxygen atoms in total. The second kappa shape index (κ2) is 9.86. The number of benzene rings is 2. The Morgan fingerprint density at radius 3 is 2.36 bits per heavy atom. The molecule has 0 atom stereocenters. The molecule has 0 aromatic heterocycles. The van der Waals surface area contributed by atoms with Gasteiger partial charge in [0.1, 0.15) is 11.4 Å². The number of piperidine rings is 1. The molecule has 6 heteroatoms.